The SMILES string of the molecule is CC(c1ccco1)N(C)C(=O)c1cc(C2CC2)nc2onc(CC(C)(C)C)c12. The summed E-state index contributed by atoms with van der Waals surface area (Å²) in [4.78, 5) is 19.9. The number of furan rings is 1. The van der Waals surface area contributed by atoms with Gasteiger partial charge in [0.15, 0.2) is 0 Å². The number of carbonyl (C=O) groups is 1. The highest BCUT2D eigenvalue weighted by molar-refractivity contribution is 6.06. The topological polar surface area (TPSA) is 72.4 Å². The van der Waals surface area contributed by atoms with E-state index in [2.05, 4.69) is 30.9 Å². The maximum absolute atomic E-state index is 13.5. The van der Waals surface area contributed by atoms with Gasteiger partial charge in [0.25, 0.3) is 11.6 Å². The second-order valence-electron chi connectivity index (χ2n) is 9.02. The standard InChI is InChI=1S/C22H27N3O3/c1-13(18-7-6-10-27-18)25(5)21(26)15-11-16(14-8-9-14)23-20-19(15)17(24-28-20)12-22(2,3)4/h6-7,10-11,13-14H,8-9,12H2,1-5H3. The van der Waals surface area contributed by atoms with E-state index in [-0.39, 0.29) is 17.4 Å². The van der Waals surface area contributed by atoms with Gasteiger partial charge in [-0.05, 0) is 49.8 Å². The lowest BCUT2D eigenvalue weighted by atomic mass is 9.89. The van der Waals surface area contributed by atoms with Crippen molar-refractivity contribution < 1.29 is 13.7 Å². The van der Waals surface area contributed by atoms with Gasteiger partial charge in [0.2, 0.25) is 0 Å². The summed E-state index contributed by atoms with van der Waals surface area (Å²) in [7, 11) is 1.80. The van der Waals surface area contributed by atoms with Gasteiger partial charge in [-0.15, -0.1) is 0 Å². The first kappa shape index (κ1) is 18.7. The Bertz CT molecular complexity index is 994. The highest BCUT2D eigenvalue weighted by Gasteiger charge is 2.31. The number of nitrogens with zero attached hydrogens (tertiary/aromatic N) is 3. The molecule has 1 aliphatic rings. The third-order valence-electron chi connectivity index (χ3n) is 5.32. The Morgan fingerprint density at radius 3 is 2.71 bits per heavy atom. The lowest BCUT2D eigenvalue weighted by Crippen LogP contribution is -2.30. The van der Waals surface area contributed by atoms with Crippen molar-refractivity contribution in [2.75, 3.05) is 7.05 Å². The fourth-order valence-corrected chi connectivity index (χ4v) is 3.50. The molecule has 6 nitrogen and oxygen atoms in total. The minimum absolute atomic E-state index is 0.0205. The maximum atomic E-state index is 13.5. The van der Waals surface area contributed by atoms with Crippen LogP contribution in [0.3, 0.4) is 0 Å². The summed E-state index contributed by atoms with van der Waals surface area (Å²) in [5.74, 6) is 1.10. The van der Waals surface area contributed by atoms with E-state index in [9.17, 15) is 4.79 Å². The van der Waals surface area contributed by atoms with E-state index in [1.165, 1.54) is 0 Å². The van der Waals surface area contributed by atoms with Gasteiger partial charge in [0.05, 0.1) is 28.9 Å². The number of carbonyl (C=O) groups excluding carboxylic acids is 1. The number of fused-ring (bicyclic) bond motifs is 1. The van der Waals surface area contributed by atoms with Crippen LogP contribution in [-0.2, 0) is 6.42 Å². The monoisotopic (exact) mass is 381 g/mol. The van der Waals surface area contributed by atoms with E-state index in [1.54, 1.807) is 18.2 Å². The predicted octanol–water partition coefficient (Wildman–Crippen LogP) is 5.12. The van der Waals surface area contributed by atoms with Gasteiger partial charge in [-0.3, -0.25) is 4.79 Å². The lowest BCUT2D eigenvalue weighted by Gasteiger charge is -2.24. The van der Waals surface area contributed by atoms with Crippen molar-refractivity contribution in [1.82, 2.24) is 15.0 Å². The molecule has 0 aromatic carbocycles. The van der Waals surface area contributed by atoms with Crippen LogP contribution in [0, 0.1) is 5.41 Å². The predicted molar refractivity (Wildman–Crippen MR) is 106 cm³/mol. The summed E-state index contributed by atoms with van der Waals surface area (Å²) in [6.07, 6.45) is 4.55. The Labute approximate surface area is 164 Å². The summed E-state index contributed by atoms with van der Waals surface area (Å²) >= 11 is 0. The smallest absolute Gasteiger partial charge is 0.259 e. The van der Waals surface area contributed by atoms with Crippen molar-refractivity contribution in [2.45, 2.75) is 58.9 Å². The van der Waals surface area contributed by atoms with Crippen LogP contribution in [0.4, 0.5) is 0 Å². The molecule has 1 atom stereocenters. The fourth-order valence-electron chi connectivity index (χ4n) is 3.50. The van der Waals surface area contributed by atoms with Crippen LogP contribution in [0.25, 0.3) is 11.1 Å². The Morgan fingerprint density at radius 2 is 2.11 bits per heavy atom. The number of rotatable bonds is 5. The second-order valence-corrected chi connectivity index (χ2v) is 9.02. The molecule has 0 bridgehead atoms. The highest BCUT2D eigenvalue weighted by Crippen LogP contribution is 2.41. The molecule has 1 aliphatic carbocycles. The molecule has 0 radical (unpaired) electrons. The molecule has 1 amide bonds. The van der Waals surface area contributed by atoms with Crippen LogP contribution in [0.15, 0.2) is 33.4 Å². The van der Waals surface area contributed by atoms with Gasteiger partial charge in [0, 0.05) is 18.7 Å². The molecule has 1 unspecified atom stereocenters. The number of hydrogen-bond acceptors (Lipinski definition) is 5. The zero-order chi connectivity index (χ0) is 20.1. The first-order valence-electron chi connectivity index (χ1n) is 9.84. The minimum atomic E-state index is -0.180. The molecule has 4 rings (SSSR count). The van der Waals surface area contributed by atoms with Gasteiger partial charge in [-0.1, -0.05) is 25.9 Å². The normalized spacial score (nSPS) is 15.8. The number of pyridine rings is 1. The van der Waals surface area contributed by atoms with Gasteiger partial charge in [0.1, 0.15) is 5.76 Å². The quantitative estimate of drug-likeness (QED) is 0.614. The molecule has 148 valence electrons. The van der Waals surface area contributed by atoms with E-state index < -0.39 is 0 Å². The summed E-state index contributed by atoms with van der Waals surface area (Å²) in [5, 5.41) is 5.01. The average Bonchev–Trinajstić information content (AvgIpc) is 3.20. The van der Waals surface area contributed by atoms with Crippen LogP contribution < -0.4 is 0 Å². The molecule has 0 spiro atoms. The van der Waals surface area contributed by atoms with Gasteiger partial charge in [-0.2, -0.15) is 0 Å². The number of aromatic nitrogens is 2. The average molecular weight is 381 g/mol. The molecule has 3 heterocycles. The van der Waals surface area contributed by atoms with E-state index in [0.717, 1.165) is 35.4 Å². The van der Waals surface area contributed by atoms with Crippen molar-refractivity contribution in [3.8, 4) is 0 Å². The first-order chi connectivity index (χ1) is 13.2. The van der Waals surface area contributed by atoms with Crippen LogP contribution in [-0.4, -0.2) is 28.0 Å². The van der Waals surface area contributed by atoms with E-state index in [0.29, 0.717) is 23.6 Å². The van der Waals surface area contributed by atoms with E-state index in [1.807, 2.05) is 25.1 Å². The van der Waals surface area contributed by atoms with Crippen molar-refractivity contribution in [2.24, 2.45) is 5.41 Å². The summed E-state index contributed by atoms with van der Waals surface area (Å²) < 4.78 is 11.1. The van der Waals surface area contributed by atoms with Gasteiger partial charge in [-0.25, -0.2) is 4.98 Å². The molecule has 1 fully saturated rings. The third kappa shape index (κ3) is 3.55. The first-order valence-corrected chi connectivity index (χ1v) is 9.84. The van der Waals surface area contributed by atoms with Crippen molar-refractivity contribution in [1.29, 1.82) is 0 Å². The largest absolute Gasteiger partial charge is 0.467 e. The maximum Gasteiger partial charge on any atom is 0.259 e. The second kappa shape index (κ2) is 6.76. The summed E-state index contributed by atoms with van der Waals surface area (Å²) in [5.41, 5.74) is 2.82. The number of amides is 1. The van der Waals surface area contributed by atoms with Crippen molar-refractivity contribution in [3.63, 3.8) is 0 Å². The molecule has 0 saturated heterocycles. The van der Waals surface area contributed by atoms with E-state index >= 15 is 0 Å². The molecule has 1 saturated carbocycles. The molecule has 3 aromatic heterocycles. The minimum Gasteiger partial charge on any atom is -0.467 e. The molecule has 3 aromatic rings. The van der Waals surface area contributed by atoms with Crippen LogP contribution in [0.2, 0.25) is 0 Å². The molecule has 0 aliphatic heterocycles. The molecule has 6 heteroatoms. The Kier molecular flexibility index (Phi) is 4.52. The molecule has 0 N–H and O–H groups in total. The van der Waals surface area contributed by atoms with E-state index in [4.69, 9.17) is 8.94 Å². The molecule has 28 heavy (non-hydrogen) atoms. The van der Waals surface area contributed by atoms with Crippen molar-refractivity contribution in [3.05, 3.63) is 47.2 Å². The highest BCUT2D eigenvalue weighted by atomic mass is 16.5. The Morgan fingerprint density at radius 1 is 1.36 bits per heavy atom. The zero-order valence-corrected chi connectivity index (χ0v) is 17.2. The van der Waals surface area contributed by atoms with Crippen LogP contribution in [0.5, 0.6) is 0 Å². The van der Waals surface area contributed by atoms with Gasteiger partial charge < -0.3 is 13.8 Å². The summed E-state index contributed by atoms with van der Waals surface area (Å²) in [6.45, 7) is 8.39. The molecular weight excluding hydrogens is 354 g/mol. The summed E-state index contributed by atoms with van der Waals surface area (Å²) in [6, 6.07) is 5.48. The third-order valence-corrected chi connectivity index (χ3v) is 5.32. The fraction of sp³-hybridized carbons (Fsp3) is 0.500. The Balaban J connectivity index is 1.78. The van der Waals surface area contributed by atoms with Crippen LogP contribution in [0.1, 0.15) is 80.0 Å². The van der Waals surface area contributed by atoms with Crippen LogP contribution >= 0.6 is 0 Å². The molecular formula is C22H27N3O3. The lowest BCUT2D eigenvalue weighted by molar-refractivity contribution is 0.0728. The Hall–Kier alpha value is -2.63. The number of hydrogen-bond donors (Lipinski definition) is 0. The zero-order valence-electron chi connectivity index (χ0n) is 17.2. The van der Waals surface area contributed by atoms with Crippen molar-refractivity contribution >= 4 is 17.0 Å². The van der Waals surface area contributed by atoms with Gasteiger partial charge >= 0.3 is 0 Å².